The van der Waals surface area contributed by atoms with Crippen LogP contribution in [0.2, 0.25) is 0 Å². The maximum absolute atomic E-state index is 12.4. The van der Waals surface area contributed by atoms with Crippen LogP contribution in [0, 0.1) is 13.8 Å². The third-order valence-electron chi connectivity index (χ3n) is 3.72. The van der Waals surface area contributed by atoms with Crippen LogP contribution in [0.25, 0.3) is 6.08 Å². The minimum absolute atomic E-state index is 0.190. The van der Waals surface area contributed by atoms with Crippen molar-refractivity contribution < 1.29 is 4.79 Å². The summed E-state index contributed by atoms with van der Waals surface area (Å²) in [6, 6.07) is 0. The Hall–Kier alpha value is -1.55. The molecule has 0 aromatic carbocycles. The van der Waals surface area contributed by atoms with Gasteiger partial charge < -0.3 is 14.8 Å². The van der Waals surface area contributed by atoms with Gasteiger partial charge in [-0.2, -0.15) is 0 Å². The summed E-state index contributed by atoms with van der Waals surface area (Å²) in [5, 5.41) is 0. The number of likely N-dealkylation sites (N-methyl/N-ethyl adjacent to an activating group) is 2. The van der Waals surface area contributed by atoms with E-state index >= 15 is 0 Å². The molecule has 20 heavy (non-hydrogen) atoms. The second-order valence-electron chi connectivity index (χ2n) is 5.42. The van der Waals surface area contributed by atoms with E-state index in [0.717, 1.165) is 42.1 Å². The fourth-order valence-corrected chi connectivity index (χ4v) is 2.33. The molecule has 1 aromatic rings. The minimum Gasteiger partial charge on any atom is -0.359 e. The van der Waals surface area contributed by atoms with Crippen molar-refractivity contribution in [2.24, 2.45) is 0 Å². The fourth-order valence-electron chi connectivity index (χ4n) is 2.33. The molecule has 0 bridgehead atoms. The number of nitrogens with zero attached hydrogens (tertiary/aromatic N) is 2. The number of rotatable bonds is 7. The smallest absolute Gasteiger partial charge is 0.227 e. The largest absolute Gasteiger partial charge is 0.359 e. The van der Waals surface area contributed by atoms with Gasteiger partial charge in [-0.15, -0.1) is 0 Å². The Labute approximate surface area is 122 Å². The summed E-state index contributed by atoms with van der Waals surface area (Å²) in [6.45, 7) is 12.3. The highest BCUT2D eigenvalue weighted by Gasteiger charge is 2.17. The van der Waals surface area contributed by atoms with Crippen molar-refractivity contribution in [2.45, 2.75) is 27.2 Å². The maximum Gasteiger partial charge on any atom is 0.227 e. The Morgan fingerprint density at radius 3 is 2.40 bits per heavy atom. The number of carbonyl (C=O) groups excluding carboxylic acids is 1. The van der Waals surface area contributed by atoms with Crippen LogP contribution in [-0.2, 0) is 11.2 Å². The molecule has 1 aromatic heterocycles. The molecule has 1 rings (SSSR count). The molecular formula is C16H27N3O. The van der Waals surface area contributed by atoms with Gasteiger partial charge in [0.25, 0.3) is 0 Å². The molecular weight excluding hydrogens is 250 g/mol. The molecule has 112 valence electrons. The first-order chi connectivity index (χ1) is 9.40. The predicted molar refractivity (Wildman–Crippen MR) is 84.9 cm³/mol. The van der Waals surface area contributed by atoms with Crippen LogP contribution in [0.4, 0.5) is 0 Å². The van der Waals surface area contributed by atoms with Crippen LogP contribution in [0.3, 0.4) is 0 Å². The lowest BCUT2D eigenvalue weighted by atomic mass is 10.1. The molecule has 0 spiro atoms. The van der Waals surface area contributed by atoms with Crippen LogP contribution in [0.1, 0.15) is 29.4 Å². The third kappa shape index (κ3) is 3.97. The summed E-state index contributed by atoms with van der Waals surface area (Å²) in [4.78, 5) is 19.7. The van der Waals surface area contributed by atoms with Crippen LogP contribution < -0.4 is 0 Å². The highest BCUT2D eigenvalue weighted by Crippen LogP contribution is 2.19. The van der Waals surface area contributed by atoms with Crippen LogP contribution in [0.5, 0.6) is 0 Å². The fraction of sp³-hybridized carbons (Fsp3) is 0.562. The molecule has 0 radical (unpaired) electrons. The molecule has 4 heteroatoms. The number of carbonyl (C=O) groups is 1. The zero-order valence-corrected chi connectivity index (χ0v) is 13.4. The summed E-state index contributed by atoms with van der Waals surface area (Å²) in [7, 11) is 4.05. The zero-order chi connectivity index (χ0) is 15.3. The monoisotopic (exact) mass is 277 g/mol. The van der Waals surface area contributed by atoms with E-state index in [9.17, 15) is 4.79 Å². The lowest BCUT2D eigenvalue weighted by Gasteiger charge is -2.23. The molecule has 1 amide bonds. The van der Waals surface area contributed by atoms with Gasteiger partial charge in [-0.25, -0.2) is 0 Å². The Kier molecular flexibility index (Phi) is 6.02. The molecule has 4 nitrogen and oxygen atoms in total. The van der Waals surface area contributed by atoms with E-state index in [2.05, 4.69) is 16.5 Å². The van der Waals surface area contributed by atoms with Crippen molar-refractivity contribution in [3.8, 4) is 0 Å². The third-order valence-corrected chi connectivity index (χ3v) is 3.72. The lowest BCUT2D eigenvalue weighted by Crippen LogP contribution is -2.37. The van der Waals surface area contributed by atoms with Gasteiger partial charge in [0.1, 0.15) is 0 Å². The van der Waals surface area contributed by atoms with Gasteiger partial charge in [0.2, 0.25) is 5.91 Å². The van der Waals surface area contributed by atoms with E-state index in [1.165, 1.54) is 0 Å². The average Bonchev–Trinajstić information content (AvgIpc) is 2.66. The minimum atomic E-state index is 0.190. The molecule has 0 unspecified atom stereocenters. The van der Waals surface area contributed by atoms with Crippen molar-refractivity contribution in [1.82, 2.24) is 14.8 Å². The molecule has 1 heterocycles. The summed E-state index contributed by atoms with van der Waals surface area (Å²) in [5.41, 5.74) is 4.32. The van der Waals surface area contributed by atoms with Crippen molar-refractivity contribution in [2.75, 3.05) is 33.7 Å². The normalized spacial score (nSPS) is 10.9. The second kappa shape index (κ2) is 7.29. The topological polar surface area (TPSA) is 39.3 Å². The van der Waals surface area contributed by atoms with E-state index in [-0.39, 0.29) is 5.91 Å². The number of hydrogen-bond acceptors (Lipinski definition) is 2. The molecule has 0 aliphatic heterocycles. The van der Waals surface area contributed by atoms with Crippen molar-refractivity contribution in [3.63, 3.8) is 0 Å². The summed E-state index contributed by atoms with van der Waals surface area (Å²) in [5.74, 6) is 0.190. The number of H-pyrrole nitrogens is 1. The first kappa shape index (κ1) is 16.5. The molecule has 0 aliphatic carbocycles. The van der Waals surface area contributed by atoms with Crippen LogP contribution in [-0.4, -0.2) is 54.4 Å². The van der Waals surface area contributed by atoms with Crippen LogP contribution >= 0.6 is 0 Å². The van der Waals surface area contributed by atoms with Gasteiger partial charge in [-0.3, -0.25) is 4.79 Å². The number of aryl methyl sites for hydroxylation is 1. The Bertz CT molecular complexity index is 474. The second-order valence-corrected chi connectivity index (χ2v) is 5.42. The van der Waals surface area contributed by atoms with Gasteiger partial charge in [0.05, 0.1) is 6.42 Å². The SMILES string of the molecule is C=Cc1[nH]c(C)c(CC(=O)N(CC)CCN(C)C)c1C. The van der Waals surface area contributed by atoms with Crippen molar-refractivity contribution in [3.05, 3.63) is 29.1 Å². The van der Waals surface area contributed by atoms with Gasteiger partial charge in [0, 0.05) is 31.0 Å². The van der Waals surface area contributed by atoms with Gasteiger partial charge in [0.15, 0.2) is 0 Å². The number of nitrogens with one attached hydrogen (secondary N) is 1. The lowest BCUT2D eigenvalue weighted by molar-refractivity contribution is -0.130. The van der Waals surface area contributed by atoms with E-state index in [1.54, 1.807) is 6.08 Å². The van der Waals surface area contributed by atoms with E-state index in [0.29, 0.717) is 6.42 Å². The van der Waals surface area contributed by atoms with Gasteiger partial charge >= 0.3 is 0 Å². The summed E-state index contributed by atoms with van der Waals surface area (Å²) >= 11 is 0. The van der Waals surface area contributed by atoms with E-state index in [1.807, 2.05) is 39.8 Å². The standard InChI is InChI=1S/C16H27N3O/c1-7-15-12(3)14(13(4)17-15)11-16(20)19(8-2)10-9-18(5)6/h7,17H,1,8-11H2,2-6H3. The molecule has 0 fully saturated rings. The maximum atomic E-state index is 12.4. The molecule has 1 N–H and O–H groups in total. The van der Waals surface area contributed by atoms with Gasteiger partial charge in [-0.05, 0) is 52.1 Å². The Morgan fingerprint density at radius 1 is 1.30 bits per heavy atom. The molecule has 0 saturated heterocycles. The zero-order valence-electron chi connectivity index (χ0n) is 13.4. The number of aromatic nitrogens is 1. The average molecular weight is 277 g/mol. The highest BCUT2D eigenvalue weighted by atomic mass is 16.2. The Balaban J connectivity index is 2.78. The molecule has 0 aliphatic rings. The van der Waals surface area contributed by atoms with Crippen LogP contribution in [0.15, 0.2) is 6.58 Å². The highest BCUT2D eigenvalue weighted by molar-refractivity contribution is 5.80. The number of amides is 1. The number of hydrogen-bond donors (Lipinski definition) is 1. The quantitative estimate of drug-likeness (QED) is 0.830. The van der Waals surface area contributed by atoms with E-state index < -0.39 is 0 Å². The first-order valence-corrected chi connectivity index (χ1v) is 7.13. The summed E-state index contributed by atoms with van der Waals surface area (Å²) in [6.07, 6.45) is 2.27. The number of aromatic amines is 1. The predicted octanol–water partition coefficient (Wildman–Crippen LogP) is 2.23. The van der Waals surface area contributed by atoms with Crippen molar-refractivity contribution >= 4 is 12.0 Å². The molecule has 0 saturated carbocycles. The van der Waals surface area contributed by atoms with E-state index in [4.69, 9.17) is 0 Å². The van der Waals surface area contributed by atoms with Gasteiger partial charge in [-0.1, -0.05) is 6.58 Å². The Morgan fingerprint density at radius 2 is 1.95 bits per heavy atom. The molecule has 0 atom stereocenters. The summed E-state index contributed by atoms with van der Waals surface area (Å²) < 4.78 is 0. The van der Waals surface area contributed by atoms with Crippen molar-refractivity contribution in [1.29, 1.82) is 0 Å². The first-order valence-electron chi connectivity index (χ1n) is 7.13.